The Balaban J connectivity index is 1.90. The molecular weight excluding hydrogens is 460 g/mol. The van der Waals surface area contributed by atoms with E-state index in [1.807, 2.05) is 13.8 Å². The van der Waals surface area contributed by atoms with E-state index in [0.29, 0.717) is 34.9 Å². The van der Waals surface area contributed by atoms with Crippen LogP contribution in [0.1, 0.15) is 37.6 Å². The van der Waals surface area contributed by atoms with Crippen LogP contribution < -0.4 is 15.4 Å². The van der Waals surface area contributed by atoms with Crippen molar-refractivity contribution in [3.05, 3.63) is 41.0 Å². The summed E-state index contributed by atoms with van der Waals surface area (Å²) in [5, 5.41) is 6.92. The number of sulfonamides is 1. The maximum atomic E-state index is 14.8. The lowest BCUT2D eigenvalue weighted by Crippen LogP contribution is -2.19. The summed E-state index contributed by atoms with van der Waals surface area (Å²) in [5.41, 5.74) is -0.740. The number of carbonyl (C=O) groups is 1. The van der Waals surface area contributed by atoms with Gasteiger partial charge in [-0.15, -0.1) is 11.3 Å². The lowest BCUT2D eigenvalue weighted by Gasteiger charge is -2.13. The highest BCUT2D eigenvalue weighted by atomic mass is 32.2. The first-order valence-corrected chi connectivity index (χ1v) is 12.4. The van der Waals surface area contributed by atoms with Crippen molar-refractivity contribution >= 4 is 54.7 Å². The molecule has 1 aromatic carbocycles. The molecule has 32 heavy (non-hydrogen) atoms. The number of fused-ring (bicyclic) bond motifs is 1. The van der Waals surface area contributed by atoms with Crippen LogP contribution in [0.5, 0.6) is 0 Å². The summed E-state index contributed by atoms with van der Waals surface area (Å²) in [4.78, 5) is 21.2. The second kappa shape index (κ2) is 9.74. The van der Waals surface area contributed by atoms with Gasteiger partial charge < -0.3 is 10.6 Å². The summed E-state index contributed by atoms with van der Waals surface area (Å²) in [5.74, 6) is -2.32. The molecule has 0 aliphatic rings. The molecule has 0 atom stereocenters. The van der Waals surface area contributed by atoms with Gasteiger partial charge in [0.25, 0.3) is 5.91 Å². The van der Waals surface area contributed by atoms with Crippen molar-refractivity contribution in [2.24, 2.45) is 5.92 Å². The van der Waals surface area contributed by atoms with Crippen molar-refractivity contribution in [1.29, 1.82) is 0 Å². The topological polar surface area (TPSA) is 113 Å². The molecule has 2 aromatic heterocycles. The maximum absolute atomic E-state index is 14.8. The largest absolute Gasteiger partial charge is 0.369 e. The molecule has 1 amide bonds. The van der Waals surface area contributed by atoms with Gasteiger partial charge in [0.05, 0.1) is 27.2 Å². The molecule has 3 aromatic rings. The molecule has 0 radical (unpaired) electrons. The molecule has 0 aliphatic carbocycles. The number of halogens is 2. The third kappa shape index (κ3) is 5.30. The van der Waals surface area contributed by atoms with E-state index in [-0.39, 0.29) is 11.3 Å². The van der Waals surface area contributed by atoms with Gasteiger partial charge in [-0.05, 0) is 24.5 Å². The van der Waals surface area contributed by atoms with E-state index >= 15 is 0 Å². The van der Waals surface area contributed by atoms with Crippen LogP contribution >= 0.6 is 11.3 Å². The highest BCUT2D eigenvalue weighted by Gasteiger charge is 2.22. The first kappa shape index (κ1) is 23.8. The van der Waals surface area contributed by atoms with Crippen LogP contribution in [0, 0.1) is 17.6 Å². The SMILES string of the molecule is CCCS(=O)(=O)Nc1ccc(F)c(NC(=O)c2csc3c(NCC(C)C)ncnc23)c1F. The zero-order valence-corrected chi connectivity index (χ0v) is 19.3. The predicted octanol–water partition coefficient (Wildman–Crippen LogP) is 4.44. The first-order chi connectivity index (χ1) is 15.1. The van der Waals surface area contributed by atoms with Gasteiger partial charge in [0, 0.05) is 11.9 Å². The number of benzene rings is 1. The molecule has 12 heteroatoms. The minimum atomic E-state index is -3.80. The predicted molar refractivity (Wildman–Crippen MR) is 123 cm³/mol. The van der Waals surface area contributed by atoms with Gasteiger partial charge in [-0.25, -0.2) is 27.2 Å². The molecule has 0 saturated heterocycles. The van der Waals surface area contributed by atoms with Gasteiger partial charge in [0.1, 0.15) is 23.6 Å². The van der Waals surface area contributed by atoms with Crippen molar-refractivity contribution in [1.82, 2.24) is 9.97 Å². The van der Waals surface area contributed by atoms with Crippen LogP contribution in [0.25, 0.3) is 10.2 Å². The van der Waals surface area contributed by atoms with E-state index in [0.717, 1.165) is 12.1 Å². The Bertz CT molecular complexity index is 1250. The van der Waals surface area contributed by atoms with Crippen molar-refractivity contribution in [2.75, 3.05) is 27.7 Å². The normalized spacial score (nSPS) is 11.7. The molecule has 0 fully saturated rings. The average molecular weight is 484 g/mol. The third-order valence-corrected chi connectivity index (χ3v) is 6.80. The van der Waals surface area contributed by atoms with Crippen LogP contribution in [0.3, 0.4) is 0 Å². The Morgan fingerprint density at radius 1 is 1.22 bits per heavy atom. The van der Waals surface area contributed by atoms with Gasteiger partial charge in [-0.3, -0.25) is 9.52 Å². The van der Waals surface area contributed by atoms with Gasteiger partial charge in [-0.2, -0.15) is 0 Å². The van der Waals surface area contributed by atoms with E-state index in [2.05, 4.69) is 25.3 Å². The van der Waals surface area contributed by atoms with E-state index in [9.17, 15) is 22.0 Å². The number of nitrogens with one attached hydrogen (secondary N) is 3. The summed E-state index contributed by atoms with van der Waals surface area (Å²) in [6, 6.07) is 1.84. The molecule has 0 unspecified atom stereocenters. The summed E-state index contributed by atoms with van der Waals surface area (Å²) < 4.78 is 55.8. The lowest BCUT2D eigenvalue weighted by atomic mass is 10.2. The van der Waals surface area contributed by atoms with Crippen LogP contribution in [0.2, 0.25) is 0 Å². The lowest BCUT2D eigenvalue weighted by molar-refractivity contribution is 0.102. The van der Waals surface area contributed by atoms with Gasteiger partial charge in [-0.1, -0.05) is 20.8 Å². The zero-order chi connectivity index (χ0) is 23.5. The Morgan fingerprint density at radius 3 is 2.66 bits per heavy atom. The van der Waals surface area contributed by atoms with Crippen molar-refractivity contribution in [2.45, 2.75) is 27.2 Å². The van der Waals surface area contributed by atoms with Crippen LogP contribution in [-0.2, 0) is 10.0 Å². The molecule has 0 bridgehead atoms. The number of amides is 1. The molecule has 0 aliphatic heterocycles. The molecule has 2 heterocycles. The van der Waals surface area contributed by atoms with E-state index in [4.69, 9.17) is 0 Å². The number of hydrogen-bond acceptors (Lipinski definition) is 7. The number of anilines is 3. The first-order valence-electron chi connectivity index (χ1n) is 9.88. The third-order valence-electron chi connectivity index (χ3n) is 4.34. The van der Waals surface area contributed by atoms with E-state index < -0.39 is 38.9 Å². The molecule has 3 N–H and O–H groups in total. The highest BCUT2D eigenvalue weighted by Crippen LogP contribution is 2.31. The smallest absolute Gasteiger partial charge is 0.258 e. The molecule has 0 saturated carbocycles. The number of hydrogen-bond donors (Lipinski definition) is 3. The molecule has 8 nitrogen and oxygen atoms in total. The number of thiophene rings is 1. The van der Waals surface area contributed by atoms with E-state index in [1.165, 1.54) is 23.0 Å². The van der Waals surface area contributed by atoms with Crippen molar-refractivity contribution in [3.63, 3.8) is 0 Å². The molecular formula is C20H23F2N5O3S2. The highest BCUT2D eigenvalue weighted by molar-refractivity contribution is 7.92. The molecule has 172 valence electrons. The van der Waals surface area contributed by atoms with Crippen molar-refractivity contribution in [3.8, 4) is 0 Å². The summed E-state index contributed by atoms with van der Waals surface area (Å²) in [6.45, 7) is 6.41. The summed E-state index contributed by atoms with van der Waals surface area (Å²) in [6.07, 6.45) is 1.63. The molecule has 3 rings (SSSR count). The van der Waals surface area contributed by atoms with Crippen LogP contribution in [0.4, 0.5) is 26.0 Å². The Kier molecular flexibility index (Phi) is 7.24. The average Bonchev–Trinajstić information content (AvgIpc) is 3.16. The van der Waals surface area contributed by atoms with Crippen LogP contribution in [0.15, 0.2) is 23.8 Å². The summed E-state index contributed by atoms with van der Waals surface area (Å²) >= 11 is 1.23. The quantitative estimate of drug-likeness (QED) is 0.415. The zero-order valence-electron chi connectivity index (χ0n) is 17.7. The number of rotatable bonds is 9. The van der Waals surface area contributed by atoms with Gasteiger partial charge in [0.2, 0.25) is 10.0 Å². The number of nitrogens with zero attached hydrogens (tertiary/aromatic N) is 2. The van der Waals surface area contributed by atoms with Crippen molar-refractivity contribution < 1.29 is 22.0 Å². The fraction of sp³-hybridized carbons (Fsp3) is 0.350. The maximum Gasteiger partial charge on any atom is 0.258 e. The Labute approximate surface area is 188 Å². The second-order valence-electron chi connectivity index (χ2n) is 7.48. The Hall–Kier alpha value is -2.86. The number of aromatic nitrogens is 2. The standard InChI is InChI=1S/C20H23F2N5O3S2/c1-4-7-32(29,30)27-14-6-5-13(21)17(15(14)22)26-20(28)12-9-31-18-16(12)24-10-25-19(18)23-8-11(2)3/h5-6,9-11,27H,4,7-8H2,1-3H3,(H,26,28)(H,23,24,25). The minimum absolute atomic E-state index is 0.121. The van der Waals surface area contributed by atoms with Gasteiger partial charge >= 0.3 is 0 Å². The Morgan fingerprint density at radius 2 is 1.97 bits per heavy atom. The second-order valence-corrected chi connectivity index (χ2v) is 10.2. The van der Waals surface area contributed by atoms with Crippen LogP contribution in [-0.4, -0.2) is 36.6 Å². The fourth-order valence-electron chi connectivity index (χ4n) is 2.85. The monoisotopic (exact) mass is 483 g/mol. The fourth-order valence-corrected chi connectivity index (χ4v) is 4.95. The van der Waals surface area contributed by atoms with Gasteiger partial charge in [0.15, 0.2) is 5.82 Å². The number of carbonyl (C=O) groups excluding carboxylic acids is 1. The van der Waals surface area contributed by atoms with E-state index in [1.54, 1.807) is 6.92 Å². The summed E-state index contributed by atoms with van der Waals surface area (Å²) in [7, 11) is -3.80. The minimum Gasteiger partial charge on any atom is -0.369 e. The molecule has 0 spiro atoms.